The fourth-order valence-corrected chi connectivity index (χ4v) is 5.05. The molecule has 1 fully saturated rings. The average molecular weight is 488 g/mol. The van der Waals surface area contributed by atoms with Gasteiger partial charge >= 0.3 is 0 Å². The molecule has 0 amide bonds. The summed E-state index contributed by atoms with van der Waals surface area (Å²) in [6, 6.07) is 12.4. The Bertz CT molecular complexity index is 1340. The molecule has 1 N–H and O–H groups in total. The second-order valence-electron chi connectivity index (χ2n) is 9.80. The highest BCUT2D eigenvalue weighted by molar-refractivity contribution is 5.86. The number of fused-ring (bicyclic) bond motifs is 1. The molecule has 1 aliphatic heterocycles. The summed E-state index contributed by atoms with van der Waals surface area (Å²) in [5, 5.41) is 4.26. The van der Waals surface area contributed by atoms with E-state index in [4.69, 9.17) is 0 Å². The third kappa shape index (κ3) is 5.10. The van der Waals surface area contributed by atoms with Crippen LogP contribution in [0.1, 0.15) is 38.1 Å². The van der Waals surface area contributed by atoms with Crippen molar-refractivity contribution in [3.63, 3.8) is 0 Å². The molecule has 5 rings (SSSR count). The number of anilines is 2. The Kier molecular flexibility index (Phi) is 6.98. The van der Waals surface area contributed by atoms with Gasteiger partial charge in [-0.05, 0) is 56.5 Å². The maximum atomic E-state index is 14.8. The lowest BCUT2D eigenvalue weighted by atomic mass is 10.1. The summed E-state index contributed by atoms with van der Waals surface area (Å²) < 4.78 is 17.1. The highest BCUT2D eigenvalue weighted by Gasteiger charge is 2.16. The third-order valence-electron chi connectivity index (χ3n) is 6.95. The first kappa shape index (κ1) is 24.3. The van der Waals surface area contributed by atoms with Crippen LogP contribution in [-0.4, -0.2) is 62.0 Å². The predicted molar refractivity (Wildman–Crippen MR) is 143 cm³/mol. The van der Waals surface area contributed by atoms with Gasteiger partial charge in [0.25, 0.3) is 0 Å². The Morgan fingerprint density at radius 1 is 0.972 bits per heavy atom. The number of aromatic nitrogens is 4. The van der Waals surface area contributed by atoms with E-state index in [1.54, 1.807) is 0 Å². The third-order valence-corrected chi connectivity index (χ3v) is 6.95. The van der Waals surface area contributed by atoms with Gasteiger partial charge in [-0.15, -0.1) is 0 Å². The van der Waals surface area contributed by atoms with Crippen molar-refractivity contribution in [3.05, 3.63) is 65.9 Å². The first-order chi connectivity index (χ1) is 17.4. The summed E-state index contributed by atoms with van der Waals surface area (Å²) in [6.45, 7) is 15.0. The second kappa shape index (κ2) is 10.3. The number of pyridine rings is 1. The molecule has 0 saturated carbocycles. The molecule has 3 aromatic heterocycles. The lowest BCUT2D eigenvalue weighted by Gasteiger charge is -2.33. The van der Waals surface area contributed by atoms with Crippen molar-refractivity contribution in [2.45, 2.75) is 40.3 Å². The molecule has 0 bridgehead atoms. The summed E-state index contributed by atoms with van der Waals surface area (Å²) >= 11 is 0. The number of rotatable bonds is 7. The SMILES string of the molecule is CCN1CCN(Cc2ccc(Nc3ncc(F)c(-c4ccc5cc(C)n(C(C)C)c5c4)n3)nc2)CC1. The number of aryl methyl sites for hydroxylation is 1. The first-order valence-corrected chi connectivity index (χ1v) is 12.7. The van der Waals surface area contributed by atoms with Crippen LogP contribution in [0.15, 0.2) is 48.8 Å². The normalized spacial score (nSPS) is 15.2. The Labute approximate surface area is 212 Å². The van der Waals surface area contributed by atoms with Crippen LogP contribution in [0.3, 0.4) is 0 Å². The summed E-state index contributed by atoms with van der Waals surface area (Å²) in [4.78, 5) is 18.1. The molecular formula is C28H34FN7. The van der Waals surface area contributed by atoms with Crippen LogP contribution in [-0.2, 0) is 6.54 Å². The van der Waals surface area contributed by atoms with Crippen LogP contribution < -0.4 is 5.32 Å². The van der Waals surface area contributed by atoms with Crippen molar-refractivity contribution < 1.29 is 4.39 Å². The zero-order chi connectivity index (χ0) is 25.2. The van der Waals surface area contributed by atoms with Gasteiger partial charge in [0, 0.05) is 61.7 Å². The van der Waals surface area contributed by atoms with Crippen LogP contribution in [0, 0.1) is 12.7 Å². The van der Waals surface area contributed by atoms with Crippen molar-refractivity contribution in [3.8, 4) is 11.3 Å². The van der Waals surface area contributed by atoms with Gasteiger partial charge in [-0.25, -0.2) is 19.3 Å². The molecule has 1 saturated heterocycles. The average Bonchev–Trinajstić information content (AvgIpc) is 3.22. The maximum absolute atomic E-state index is 14.8. The second-order valence-corrected chi connectivity index (χ2v) is 9.80. The smallest absolute Gasteiger partial charge is 0.229 e. The fourth-order valence-electron chi connectivity index (χ4n) is 5.05. The standard InChI is InChI=1S/C28H34FN7/c1-5-34-10-12-35(13-11-34)18-21-6-9-26(30-16-21)32-28-31-17-24(29)27(33-28)23-8-7-22-14-20(4)36(19(2)3)25(22)15-23/h6-9,14-17,19H,5,10-13,18H2,1-4H3,(H,30,31,32,33). The number of likely N-dealkylation sites (N-methyl/N-ethyl adjacent to an activating group) is 1. The van der Waals surface area contributed by atoms with E-state index >= 15 is 0 Å². The number of hydrogen-bond acceptors (Lipinski definition) is 6. The molecule has 7 nitrogen and oxygen atoms in total. The van der Waals surface area contributed by atoms with E-state index in [2.05, 4.69) is 74.5 Å². The van der Waals surface area contributed by atoms with Crippen LogP contribution in [0.2, 0.25) is 0 Å². The molecule has 4 aromatic rings. The van der Waals surface area contributed by atoms with Gasteiger partial charge in [0.2, 0.25) is 5.95 Å². The summed E-state index contributed by atoms with van der Waals surface area (Å²) in [6.07, 6.45) is 3.10. The van der Waals surface area contributed by atoms with Gasteiger partial charge < -0.3 is 14.8 Å². The van der Waals surface area contributed by atoms with Crippen molar-refractivity contribution in [1.82, 2.24) is 29.3 Å². The molecule has 1 aromatic carbocycles. The topological polar surface area (TPSA) is 62.1 Å². The van der Waals surface area contributed by atoms with E-state index < -0.39 is 5.82 Å². The van der Waals surface area contributed by atoms with Gasteiger partial charge in [0.05, 0.1) is 6.20 Å². The number of halogens is 1. The van der Waals surface area contributed by atoms with E-state index in [-0.39, 0.29) is 5.69 Å². The van der Waals surface area contributed by atoms with Gasteiger partial charge in [0.1, 0.15) is 11.5 Å². The van der Waals surface area contributed by atoms with Crippen LogP contribution in [0.25, 0.3) is 22.2 Å². The number of benzene rings is 1. The van der Waals surface area contributed by atoms with E-state index in [1.807, 2.05) is 30.5 Å². The molecule has 36 heavy (non-hydrogen) atoms. The van der Waals surface area contributed by atoms with Crippen molar-refractivity contribution in [2.24, 2.45) is 0 Å². The monoisotopic (exact) mass is 487 g/mol. The lowest BCUT2D eigenvalue weighted by molar-refractivity contribution is 0.132. The highest BCUT2D eigenvalue weighted by Crippen LogP contribution is 2.30. The van der Waals surface area contributed by atoms with E-state index in [1.165, 1.54) is 17.5 Å². The van der Waals surface area contributed by atoms with E-state index in [0.29, 0.717) is 17.8 Å². The molecule has 0 aliphatic carbocycles. The zero-order valence-corrected chi connectivity index (χ0v) is 21.5. The molecule has 188 valence electrons. The molecule has 0 atom stereocenters. The Balaban J connectivity index is 1.32. The van der Waals surface area contributed by atoms with Gasteiger partial charge in [-0.1, -0.05) is 25.1 Å². The van der Waals surface area contributed by atoms with Crippen LogP contribution in [0.5, 0.6) is 0 Å². The van der Waals surface area contributed by atoms with Crippen molar-refractivity contribution in [1.29, 1.82) is 0 Å². The van der Waals surface area contributed by atoms with Gasteiger partial charge in [0.15, 0.2) is 5.82 Å². The number of nitrogens with one attached hydrogen (secondary N) is 1. The number of nitrogens with zero attached hydrogens (tertiary/aromatic N) is 6. The first-order valence-electron chi connectivity index (χ1n) is 12.7. The minimum Gasteiger partial charge on any atom is -0.342 e. The lowest BCUT2D eigenvalue weighted by Crippen LogP contribution is -2.45. The quantitative estimate of drug-likeness (QED) is 0.377. The number of piperazine rings is 1. The Morgan fingerprint density at radius 3 is 2.44 bits per heavy atom. The van der Waals surface area contributed by atoms with Crippen LogP contribution in [0.4, 0.5) is 16.2 Å². The maximum Gasteiger partial charge on any atom is 0.229 e. The van der Waals surface area contributed by atoms with Crippen molar-refractivity contribution >= 4 is 22.7 Å². The van der Waals surface area contributed by atoms with Crippen LogP contribution >= 0.6 is 0 Å². The molecule has 1 aliphatic rings. The molecular weight excluding hydrogens is 453 g/mol. The molecule has 0 spiro atoms. The van der Waals surface area contributed by atoms with Gasteiger partial charge in [-0.2, -0.15) is 0 Å². The molecule has 4 heterocycles. The largest absolute Gasteiger partial charge is 0.342 e. The number of hydrogen-bond donors (Lipinski definition) is 1. The highest BCUT2D eigenvalue weighted by atomic mass is 19.1. The minimum atomic E-state index is -0.453. The summed E-state index contributed by atoms with van der Waals surface area (Å²) in [7, 11) is 0. The predicted octanol–water partition coefficient (Wildman–Crippen LogP) is 5.40. The molecule has 8 heteroatoms. The Hall–Kier alpha value is -3.36. The molecule has 0 unspecified atom stereocenters. The van der Waals surface area contributed by atoms with E-state index in [9.17, 15) is 4.39 Å². The van der Waals surface area contributed by atoms with E-state index in [0.717, 1.165) is 55.7 Å². The summed E-state index contributed by atoms with van der Waals surface area (Å²) in [5.41, 5.74) is 4.41. The minimum absolute atomic E-state index is 0.270. The molecule has 0 radical (unpaired) electrons. The van der Waals surface area contributed by atoms with Gasteiger partial charge in [-0.3, -0.25) is 4.90 Å². The van der Waals surface area contributed by atoms with Crippen molar-refractivity contribution in [2.75, 3.05) is 38.0 Å². The Morgan fingerprint density at radius 2 is 1.75 bits per heavy atom. The fraction of sp³-hybridized carbons (Fsp3) is 0.393. The summed E-state index contributed by atoms with van der Waals surface area (Å²) in [5.74, 6) is 0.496. The zero-order valence-electron chi connectivity index (χ0n) is 21.5.